The molecule has 182 valence electrons. The molecule has 2 aromatic rings. The molecule has 1 aromatic carbocycles. The predicted octanol–water partition coefficient (Wildman–Crippen LogP) is 4.59. The monoisotopic (exact) mass is 463 g/mol. The van der Waals surface area contributed by atoms with Gasteiger partial charge in [-0.05, 0) is 73.8 Å². The van der Waals surface area contributed by atoms with Gasteiger partial charge in [0.25, 0.3) is 5.91 Å². The minimum Gasteiger partial charge on any atom is -0.497 e. The Morgan fingerprint density at radius 2 is 1.88 bits per heavy atom. The Balaban J connectivity index is 1.46. The molecule has 1 aliphatic heterocycles. The molecule has 0 bridgehead atoms. The number of carbonyl (C=O) groups excluding carboxylic acids is 2. The summed E-state index contributed by atoms with van der Waals surface area (Å²) in [6, 6.07) is 11.7. The van der Waals surface area contributed by atoms with Gasteiger partial charge < -0.3 is 14.5 Å². The molecule has 34 heavy (non-hydrogen) atoms. The van der Waals surface area contributed by atoms with Crippen molar-refractivity contribution < 1.29 is 14.3 Å². The molecule has 1 saturated heterocycles. The van der Waals surface area contributed by atoms with Crippen molar-refractivity contribution in [3.05, 3.63) is 59.9 Å². The third-order valence-corrected chi connectivity index (χ3v) is 7.68. The number of likely N-dealkylation sites (N-methyl/N-ethyl adjacent to an activating group) is 1. The first-order valence-electron chi connectivity index (χ1n) is 12.6. The topological polar surface area (TPSA) is 62.7 Å². The van der Waals surface area contributed by atoms with Crippen molar-refractivity contribution in [3.63, 3.8) is 0 Å². The summed E-state index contributed by atoms with van der Waals surface area (Å²) in [5, 5.41) is 0. The van der Waals surface area contributed by atoms with Gasteiger partial charge in [0, 0.05) is 45.0 Å². The Labute approximate surface area is 203 Å². The largest absolute Gasteiger partial charge is 0.497 e. The fourth-order valence-corrected chi connectivity index (χ4v) is 5.63. The molecule has 1 unspecified atom stereocenters. The number of aromatic nitrogens is 1. The molecule has 2 heterocycles. The average molecular weight is 464 g/mol. The van der Waals surface area contributed by atoms with Crippen molar-refractivity contribution in [1.82, 2.24) is 14.8 Å². The lowest BCUT2D eigenvalue weighted by atomic mass is 9.84. The van der Waals surface area contributed by atoms with Crippen LogP contribution in [0.25, 0.3) is 0 Å². The third kappa shape index (κ3) is 5.96. The van der Waals surface area contributed by atoms with Crippen LogP contribution >= 0.6 is 0 Å². The van der Waals surface area contributed by atoms with Crippen LogP contribution in [0, 0.1) is 11.8 Å². The van der Waals surface area contributed by atoms with Crippen LogP contribution in [0.2, 0.25) is 0 Å². The van der Waals surface area contributed by atoms with E-state index in [-0.39, 0.29) is 11.9 Å². The number of likely N-dealkylation sites (tertiary alicyclic amines) is 1. The number of ether oxygens (including phenoxy) is 1. The summed E-state index contributed by atoms with van der Waals surface area (Å²) in [6.07, 6.45) is 11.5. The Morgan fingerprint density at radius 1 is 1.12 bits per heavy atom. The first kappa shape index (κ1) is 24.2. The maximum absolute atomic E-state index is 13.3. The van der Waals surface area contributed by atoms with E-state index >= 15 is 0 Å². The molecule has 2 amide bonds. The number of piperidine rings is 1. The third-order valence-electron chi connectivity index (χ3n) is 7.68. The molecule has 0 spiro atoms. The van der Waals surface area contributed by atoms with Gasteiger partial charge in [-0.1, -0.05) is 25.0 Å². The lowest BCUT2D eigenvalue weighted by Gasteiger charge is -2.40. The number of amides is 2. The normalized spacial score (nSPS) is 18.0. The molecule has 0 radical (unpaired) electrons. The summed E-state index contributed by atoms with van der Waals surface area (Å²) in [7, 11) is 3.57. The molecule has 4 rings (SSSR count). The number of pyridine rings is 1. The Hall–Kier alpha value is -2.89. The first-order chi connectivity index (χ1) is 16.5. The van der Waals surface area contributed by atoms with E-state index in [0.717, 1.165) is 43.7 Å². The zero-order chi connectivity index (χ0) is 23.9. The highest BCUT2D eigenvalue weighted by Crippen LogP contribution is 2.31. The van der Waals surface area contributed by atoms with Crippen molar-refractivity contribution in [2.45, 2.75) is 57.4 Å². The molecule has 1 aromatic heterocycles. The summed E-state index contributed by atoms with van der Waals surface area (Å²) in [6.45, 7) is 1.56. The second kappa shape index (κ2) is 11.5. The Bertz CT molecular complexity index is 950. The minimum atomic E-state index is -0.0132. The number of nitrogens with zero attached hydrogens (tertiary/aromatic N) is 3. The van der Waals surface area contributed by atoms with Gasteiger partial charge in [0.15, 0.2) is 0 Å². The van der Waals surface area contributed by atoms with Crippen LogP contribution in [0.3, 0.4) is 0 Å². The van der Waals surface area contributed by atoms with E-state index in [1.165, 1.54) is 25.7 Å². The molecule has 2 fully saturated rings. The summed E-state index contributed by atoms with van der Waals surface area (Å²) in [5.41, 5.74) is 1.75. The Morgan fingerprint density at radius 3 is 2.56 bits per heavy atom. The van der Waals surface area contributed by atoms with E-state index in [2.05, 4.69) is 22.0 Å². The van der Waals surface area contributed by atoms with Gasteiger partial charge in [-0.25, -0.2) is 0 Å². The quantitative estimate of drug-likeness (QED) is 0.574. The summed E-state index contributed by atoms with van der Waals surface area (Å²) >= 11 is 0. The standard InChI is InChI=1S/C28H37N3O3/c1-30(28(33)24-10-6-14-29-20-24)26(18-22-9-5-11-25(17-22)34-2)23-12-15-31(16-13-23)27(32)19-21-7-3-4-8-21/h5-6,9-11,14,17,20-21,23,26H,3-4,7-8,12-13,15-16,18-19H2,1-2H3. The van der Waals surface area contributed by atoms with E-state index in [0.29, 0.717) is 29.7 Å². The second-order valence-corrected chi connectivity index (χ2v) is 9.85. The molecule has 1 saturated carbocycles. The molecule has 0 N–H and O–H groups in total. The summed E-state index contributed by atoms with van der Waals surface area (Å²) < 4.78 is 5.42. The Kier molecular flexibility index (Phi) is 8.20. The average Bonchev–Trinajstić information content (AvgIpc) is 3.40. The zero-order valence-corrected chi connectivity index (χ0v) is 20.5. The molecule has 6 nitrogen and oxygen atoms in total. The molecule has 1 aliphatic carbocycles. The van der Waals surface area contributed by atoms with Crippen molar-refractivity contribution in [2.24, 2.45) is 11.8 Å². The molecular weight excluding hydrogens is 426 g/mol. The van der Waals surface area contributed by atoms with Crippen molar-refractivity contribution in [3.8, 4) is 5.75 Å². The van der Waals surface area contributed by atoms with Crippen molar-refractivity contribution >= 4 is 11.8 Å². The second-order valence-electron chi connectivity index (χ2n) is 9.85. The smallest absolute Gasteiger partial charge is 0.255 e. The molecule has 2 aliphatic rings. The van der Waals surface area contributed by atoms with Crippen molar-refractivity contribution in [1.29, 1.82) is 0 Å². The zero-order valence-electron chi connectivity index (χ0n) is 20.5. The highest BCUT2D eigenvalue weighted by atomic mass is 16.5. The van der Waals surface area contributed by atoms with Gasteiger partial charge in [0.05, 0.1) is 12.7 Å². The van der Waals surface area contributed by atoms with E-state index in [4.69, 9.17) is 4.74 Å². The highest BCUT2D eigenvalue weighted by Gasteiger charge is 2.33. The van der Waals surface area contributed by atoms with E-state index < -0.39 is 0 Å². The molecule has 6 heteroatoms. The predicted molar refractivity (Wildman–Crippen MR) is 133 cm³/mol. The van der Waals surface area contributed by atoms with Gasteiger partial charge in [-0.15, -0.1) is 0 Å². The number of hydrogen-bond donors (Lipinski definition) is 0. The van der Waals surface area contributed by atoms with E-state index in [1.54, 1.807) is 25.6 Å². The molecular formula is C28H37N3O3. The van der Waals surface area contributed by atoms with Crippen LogP contribution in [-0.4, -0.2) is 59.9 Å². The van der Waals surface area contributed by atoms with Crippen LogP contribution in [0.1, 0.15) is 60.9 Å². The number of methoxy groups -OCH3 is 1. The number of hydrogen-bond acceptors (Lipinski definition) is 4. The molecule has 1 atom stereocenters. The fraction of sp³-hybridized carbons (Fsp3) is 0.536. The van der Waals surface area contributed by atoms with Crippen LogP contribution in [-0.2, 0) is 11.2 Å². The first-order valence-corrected chi connectivity index (χ1v) is 12.6. The van der Waals surface area contributed by atoms with Gasteiger partial charge in [-0.2, -0.15) is 0 Å². The van der Waals surface area contributed by atoms with Crippen LogP contribution in [0.15, 0.2) is 48.8 Å². The number of benzene rings is 1. The maximum atomic E-state index is 13.3. The fourth-order valence-electron chi connectivity index (χ4n) is 5.63. The summed E-state index contributed by atoms with van der Waals surface area (Å²) in [4.78, 5) is 34.2. The lowest BCUT2D eigenvalue weighted by Crippen LogP contribution is -2.48. The SMILES string of the molecule is COc1cccc(CC(C2CCN(C(=O)CC3CCCC3)CC2)N(C)C(=O)c2cccnc2)c1. The maximum Gasteiger partial charge on any atom is 0.255 e. The number of rotatable bonds is 8. The summed E-state index contributed by atoms with van der Waals surface area (Å²) in [5.74, 6) is 2.03. The number of carbonyl (C=O) groups is 2. The van der Waals surface area contributed by atoms with Gasteiger partial charge in [0.1, 0.15) is 5.75 Å². The van der Waals surface area contributed by atoms with Crippen LogP contribution in [0.4, 0.5) is 0 Å². The van der Waals surface area contributed by atoms with Gasteiger partial charge in [-0.3, -0.25) is 14.6 Å². The van der Waals surface area contributed by atoms with E-state index in [9.17, 15) is 9.59 Å². The lowest BCUT2D eigenvalue weighted by molar-refractivity contribution is -0.133. The minimum absolute atomic E-state index is 0.0132. The van der Waals surface area contributed by atoms with Gasteiger partial charge >= 0.3 is 0 Å². The van der Waals surface area contributed by atoms with Crippen molar-refractivity contribution in [2.75, 3.05) is 27.2 Å². The van der Waals surface area contributed by atoms with Crippen LogP contribution < -0.4 is 4.74 Å². The van der Waals surface area contributed by atoms with Crippen LogP contribution in [0.5, 0.6) is 5.75 Å². The van der Waals surface area contributed by atoms with Gasteiger partial charge in [0.2, 0.25) is 5.91 Å². The highest BCUT2D eigenvalue weighted by molar-refractivity contribution is 5.94. The van der Waals surface area contributed by atoms with E-state index in [1.807, 2.05) is 30.1 Å².